The van der Waals surface area contributed by atoms with Crippen LogP contribution in [0.15, 0.2) is 70.3 Å². The van der Waals surface area contributed by atoms with Crippen LogP contribution < -0.4 is 5.73 Å². The Morgan fingerprint density at radius 1 is 1.04 bits per heavy atom. The number of nitrogens with two attached hydrogens (primary N) is 1. The first-order valence-corrected chi connectivity index (χ1v) is 9.88. The van der Waals surface area contributed by atoms with Crippen molar-refractivity contribution in [3.8, 4) is 18.2 Å². The van der Waals surface area contributed by atoms with E-state index in [0.29, 0.717) is 16.3 Å². The van der Waals surface area contributed by atoms with Crippen molar-refractivity contribution >= 4 is 28.9 Å². The molecule has 2 aromatic carbocycles. The van der Waals surface area contributed by atoms with Gasteiger partial charge in [-0.3, -0.25) is 0 Å². The molecule has 6 heteroatoms. The Labute approximate surface area is 172 Å². The highest BCUT2D eigenvalue weighted by Gasteiger charge is 2.52. The van der Waals surface area contributed by atoms with Crippen LogP contribution in [-0.4, -0.2) is 5.75 Å². The quantitative estimate of drug-likeness (QED) is 0.743. The SMILES string of the molecule is N#CC1=C(N)C(C#N)(C#N)C(c2ccccc2Cl)C2=C1c1ccccc1SC2. The number of rotatable bonds is 1. The zero-order valence-electron chi connectivity index (χ0n) is 14.6. The Hall–Kier alpha value is -3.17. The van der Waals surface area contributed by atoms with E-state index in [4.69, 9.17) is 17.3 Å². The Morgan fingerprint density at radius 2 is 1.71 bits per heavy atom. The van der Waals surface area contributed by atoms with Crippen LogP contribution in [0.5, 0.6) is 0 Å². The Kier molecular flexibility index (Phi) is 4.40. The fraction of sp³-hybridized carbons (Fsp3) is 0.136. The lowest BCUT2D eigenvalue weighted by molar-refractivity contribution is 0.513. The summed E-state index contributed by atoms with van der Waals surface area (Å²) in [4.78, 5) is 1.04. The van der Waals surface area contributed by atoms with E-state index in [1.54, 1.807) is 23.9 Å². The maximum atomic E-state index is 10.1. The molecule has 2 aliphatic rings. The summed E-state index contributed by atoms with van der Waals surface area (Å²) in [5.41, 5.74) is 7.99. The Morgan fingerprint density at radius 3 is 2.39 bits per heavy atom. The molecule has 1 aliphatic carbocycles. The number of hydrogen-bond acceptors (Lipinski definition) is 5. The predicted octanol–water partition coefficient (Wildman–Crippen LogP) is 4.77. The van der Waals surface area contributed by atoms with Gasteiger partial charge in [0.25, 0.3) is 0 Å². The van der Waals surface area contributed by atoms with Crippen molar-refractivity contribution in [2.24, 2.45) is 11.1 Å². The molecule has 1 atom stereocenters. The van der Waals surface area contributed by atoms with Crippen molar-refractivity contribution in [1.82, 2.24) is 0 Å². The molecule has 0 radical (unpaired) electrons. The topological polar surface area (TPSA) is 97.4 Å². The molecule has 1 aliphatic heterocycles. The number of fused-ring (bicyclic) bond motifs is 2. The molecule has 0 saturated carbocycles. The lowest BCUT2D eigenvalue weighted by Gasteiger charge is -2.40. The second-order valence-electron chi connectivity index (χ2n) is 6.57. The fourth-order valence-electron chi connectivity index (χ4n) is 3.99. The van der Waals surface area contributed by atoms with Crippen LogP contribution in [0.2, 0.25) is 5.02 Å². The molecule has 4 nitrogen and oxygen atoms in total. The third kappa shape index (κ3) is 2.36. The molecule has 134 valence electrons. The number of benzene rings is 2. The minimum absolute atomic E-state index is 0.00891. The zero-order valence-corrected chi connectivity index (χ0v) is 16.2. The normalized spacial score (nSPS) is 19.7. The van der Waals surface area contributed by atoms with E-state index in [1.807, 2.05) is 36.4 Å². The number of hydrogen-bond donors (Lipinski definition) is 1. The van der Waals surface area contributed by atoms with Crippen LogP contribution >= 0.6 is 23.4 Å². The lowest BCUT2D eigenvalue weighted by Crippen LogP contribution is -2.39. The Bertz CT molecular complexity index is 1180. The van der Waals surface area contributed by atoms with Crippen LogP contribution in [0.4, 0.5) is 0 Å². The van der Waals surface area contributed by atoms with E-state index in [-0.39, 0.29) is 11.3 Å². The summed E-state index contributed by atoms with van der Waals surface area (Å²) >= 11 is 8.10. The van der Waals surface area contributed by atoms with Gasteiger partial charge < -0.3 is 5.73 Å². The van der Waals surface area contributed by atoms with Crippen molar-refractivity contribution < 1.29 is 0 Å². The summed E-state index contributed by atoms with van der Waals surface area (Å²) in [6, 6.07) is 21.4. The highest BCUT2D eigenvalue weighted by atomic mass is 35.5. The van der Waals surface area contributed by atoms with Crippen molar-refractivity contribution in [2.75, 3.05) is 5.75 Å². The molecule has 1 heterocycles. The Balaban J connectivity index is 2.13. The van der Waals surface area contributed by atoms with Crippen molar-refractivity contribution in [3.05, 3.63) is 81.5 Å². The molecule has 0 spiro atoms. The largest absolute Gasteiger partial charge is 0.399 e. The molecule has 0 bridgehead atoms. The van der Waals surface area contributed by atoms with Crippen LogP contribution in [0.25, 0.3) is 5.57 Å². The summed E-state index contributed by atoms with van der Waals surface area (Å²) < 4.78 is 0. The molecular weight excluding hydrogens is 388 g/mol. The van der Waals surface area contributed by atoms with E-state index < -0.39 is 11.3 Å². The minimum Gasteiger partial charge on any atom is -0.399 e. The second-order valence-corrected chi connectivity index (χ2v) is 8.00. The molecule has 0 saturated heterocycles. The van der Waals surface area contributed by atoms with Gasteiger partial charge in [-0.25, -0.2) is 0 Å². The van der Waals surface area contributed by atoms with Crippen molar-refractivity contribution in [3.63, 3.8) is 0 Å². The molecule has 2 aromatic rings. The van der Waals surface area contributed by atoms with E-state index in [1.165, 1.54) is 0 Å². The number of halogens is 1. The maximum absolute atomic E-state index is 10.1. The highest BCUT2D eigenvalue weighted by molar-refractivity contribution is 7.99. The van der Waals surface area contributed by atoms with Gasteiger partial charge in [-0.1, -0.05) is 48.0 Å². The smallest absolute Gasteiger partial charge is 0.194 e. The predicted molar refractivity (Wildman–Crippen MR) is 109 cm³/mol. The first-order chi connectivity index (χ1) is 13.6. The van der Waals surface area contributed by atoms with Gasteiger partial charge in [-0.2, -0.15) is 15.8 Å². The average molecular weight is 401 g/mol. The third-order valence-electron chi connectivity index (χ3n) is 5.27. The van der Waals surface area contributed by atoms with E-state index in [9.17, 15) is 15.8 Å². The van der Waals surface area contributed by atoms with Gasteiger partial charge >= 0.3 is 0 Å². The van der Waals surface area contributed by atoms with Crippen molar-refractivity contribution in [2.45, 2.75) is 10.8 Å². The first kappa shape index (κ1) is 18.2. The molecule has 4 rings (SSSR count). The van der Waals surface area contributed by atoms with Crippen LogP contribution in [-0.2, 0) is 0 Å². The molecule has 28 heavy (non-hydrogen) atoms. The fourth-order valence-corrected chi connectivity index (χ4v) is 5.36. The van der Waals surface area contributed by atoms with E-state index >= 15 is 0 Å². The molecule has 1 unspecified atom stereocenters. The van der Waals surface area contributed by atoms with Gasteiger partial charge in [0.15, 0.2) is 5.41 Å². The minimum atomic E-state index is -1.69. The third-order valence-corrected chi connectivity index (χ3v) is 6.73. The summed E-state index contributed by atoms with van der Waals surface area (Å²) in [7, 11) is 0. The standard InChI is InChI=1S/C22H13ClN4S/c23-17-7-3-1-5-13(17)20-16-10-28-18-8-4-2-6-14(18)19(16)15(9-24)21(27)22(20,11-25)12-26/h1-8,20H,10,27H2. The average Bonchev–Trinajstić information content (AvgIpc) is 2.73. The van der Waals surface area contributed by atoms with Gasteiger partial charge in [0.05, 0.1) is 23.4 Å². The number of nitriles is 3. The highest BCUT2D eigenvalue weighted by Crippen LogP contribution is 2.57. The molecular formula is C22H13ClN4S. The monoisotopic (exact) mass is 400 g/mol. The lowest BCUT2D eigenvalue weighted by atomic mass is 9.62. The maximum Gasteiger partial charge on any atom is 0.194 e. The molecule has 2 N–H and O–H groups in total. The van der Waals surface area contributed by atoms with Gasteiger partial charge in [-0.05, 0) is 28.8 Å². The number of thioether (sulfide) groups is 1. The summed E-state index contributed by atoms with van der Waals surface area (Å²) in [5.74, 6) is -0.102. The van der Waals surface area contributed by atoms with Crippen molar-refractivity contribution in [1.29, 1.82) is 15.8 Å². The van der Waals surface area contributed by atoms with Crippen LogP contribution in [0.1, 0.15) is 17.0 Å². The van der Waals surface area contributed by atoms with Crippen LogP contribution in [0.3, 0.4) is 0 Å². The zero-order chi connectivity index (χ0) is 19.9. The first-order valence-electron chi connectivity index (χ1n) is 8.52. The van der Waals surface area contributed by atoms with Crippen LogP contribution in [0, 0.1) is 39.4 Å². The summed E-state index contributed by atoms with van der Waals surface area (Å²) in [5, 5.41) is 30.5. The van der Waals surface area contributed by atoms with E-state index in [2.05, 4.69) is 18.2 Å². The van der Waals surface area contributed by atoms with Gasteiger partial charge in [0.2, 0.25) is 0 Å². The summed E-state index contributed by atoms with van der Waals surface area (Å²) in [6.07, 6.45) is 0. The van der Waals surface area contributed by atoms with E-state index in [0.717, 1.165) is 21.6 Å². The second kappa shape index (κ2) is 6.77. The number of allylic oxidation sites excluding steroid dienone is 3. The van der Waals surface area contributed by atoms with Gasteiger partial charge in [-0.15, -0.1) is 11.8 Å². The molecule has 0 fully saturated rings. The molecule has 0 amide bonds. The van der Waals surface area contributed by atoms with Gasteiger partial charge in [0, 0.05) is 27.2 Å². The van der Waals surface area contributed by atoms with Gasteiger partial charge in [0.1, 0.15) is 6.07 Å². The molecule has 0 aromatic heterocycles. The summed E-state index contributed by atoms with van der Waals surface area (Å²) in [6.45, 7) is 0. The number of nitrogens with zero attached hydrogens (tertiary/aromatic N) is 3.